The van der Waals surface area contributed by atoms with Gasteiger partial charge in [-0.25, -0.2) is 8.78 Å². The third-order valence-corrected chi connectivity index (χ3v) is 2.61. The van der Waals surface area contributed by atoms with Crippen molar-refractivity contribution in [1.82, 2.24) is 0 Å². The van der Waals surface area contributed by atoms with Crippen LogP contribution in [0.25, 0.3) is 0 Å². The number of hydrogen-bond donors (Lipinski definition) is 0. The van der Waals surface area contributed by atoms with Crippen LogP contribution in [-0.4, -0.2) is 19.7 Å². The van der Waals surface area contributed by atoms with Crippen LogP contribution in [0, 0.1) is 23.3 Å². The van der Waals surface area contributed by atoms with Crippen molar-refractivity contribution in [2.75, 3.05) is 6.61 Å². The molecule has 8 heteroatoms. The normalized spacial score (nSPS) is 13.4. The molecule has 1 aromatic rings. The Morgan fingerprint density at radius 3 is 2.47 bits per heavy atom. The van der Waals surface area contributed by atoms with Gasteiger partial charge in [-0.3, -0.25) is 9.54 Å². The predicted molar refractivity (Wildman–Crippen MR) is 61.6 cm³/mol. The number of rotatable bonds is 6. The molecule has 1 atom stereocenters. The molecule has 0 aliphatic rings. The number of halogens is 4. The Kier molecular flexibility index (Phi) is 4.85. The molecule has 0 saturated carbocycles. The third-order valence-electron chi connectivity index (χ3n) is 2.33. The summed E-state index contributed by atoms with van der Waals surface area (Å²) in [6.45, 7) is 0.828. The molecule has 0 unspecified atom stereocenters. The summed E-state index contributed by atoms with van der Waals surface area (Å²) in [6.07, 6.45) is 0.274. The lowest BCUT2D eigenvalue weighted by Gasteiger charge is -2.11. The highest BCUT2D eigenvalue weighted by molar-refractivity contribution is 7.04. The van der Waals surface area contributed by atoms with Crippen molar-refractivity contribution in [2.45, 2.75) is 19.4 Å². The van der Waals surface area contributed by atoms with Crippen molar-refractivity contribution < 1.29 is 27.1 Å². The van der Waals surface area contributed by atoms with Gasteiger partial charge in [0.2, 0.25) is 11.6 Å². The maximum atomic E-state index is 13.3. The number of carbonyl (C=O) groups is 1. The highest BCUT2D eigenvalue weighted by atomic mass is 31.0. The van der Waals surface area contributed by atoms with Gasteiger partial charge >= 0.3 is 0 Å². The van der Waals surface area contributed by atoms with Crippen LogP contribution in [-0.2, 0) is 4.79 Å². The van der Waals surface area contributed by atoms with Crippen molar-refractivity contribution in [3.05, 3.63) is 29.3 Å². The topological polar surface area (TPSA) is 38.7 Å². The van der Waals surface area contributed by atoms with Gasteiger partial charge in [-0.15, -0.1) is 0 Å². The van der Waals surface area contributed by atoms with Gasteiger partial charge in [0.25, 0.3) is 0 Å². The first-order chi connectivity index (χ1) is 9.42. The summed E-state index contributed by atoms with van der Waals surface area (Å²) in [5, 5.41) is 0. The van der Waals surface area contributed by atoms with Crippen LogP contribution in [0.4, 0.5) is 17.6 Å². The Bertz CT molecular complexity index is 515. The minimum Gasteiger partial charge on any atom is -0.479 e. The second-order valence-electron chi connectivity index (χ2n) is 3.59. The molecule has 0 fully saturated rings. The van der Waals surface area contributed by atoms with E-state index < -0.39 is 47.5 Å². The number of ketones is 1. The average molecular weight is 296 g/mol. The number of benzene rings is 1. The second-order valence-corrected chi connectivity index (χ2v) is 3.82. The molecule has 0 N–H and O–H groups in total. The fourth-order valence-corrected chi connectivity index (χ4v) is 1.58. The van der Waals surface area contributed by atoms with E-state index in [4.69, 9.17) is 1.28 Å². The molecule has 3 nitrogen and oxygen atoms in total. The summed E-state index contributed by atoms with van der Waals surface area (Å²) in [6, 6.07) is -0.818. The summed E-state index contributed by atoms with van der Waals surface area (Å²) in [5.41, 5.74) is 0. The molecule has 0 bridgehead atoms. The molecule has 0 aliphatic heterocycles. The van der Waals surface area contributed by atoms with Crippen molar-refractivity contribution in [1.29, 1.82) is 1.28 Å². The summed E-state index contributed by atoms with van der Waals surface area (Å²) in [4.78, 5) is 11.6. The maximum Gasteiger partial charge on any atom is 0.203 e. The third kappa shape index (κ3) is 3.50. The van der Waals surface area contributed by atoms with Crippen LogP contribution < -0.4 is 4.74 Å². The molecule has 0 aliphatic carbocycles. The highest BCUT2D eigenvalue weighted by Gasteiger charge is 2.22. The molecule has 0 saturated heterocycles. The van der Waals surface area contributed by atoms with Crippen LogP contribution in [0.3, 0.4) is 0 Å². The number of ether oxygens (including phenoxy) is 1. The van der Waals surface area contributed by atoms with Gasteiger partial charge in [0.1, 0.15) is 13.9 Å². The first kappa shape index (κ1) is 13.9. The molecule has 19 heavy (non-hydrogen) atoms. The predicted octanol–water partition coefficient (Wildman–Crippen LogP) is 3.30. The minimum atomic E-state index is -1.71. The van der Waals surface area contributed by atoms with Crippen molar-refractivity contribution >= 4 is 14.8 Å². The molecule has 0 spiro atoms. The van der Waals surface area contributed by atoms with Gasteiger partial charge in [0.15, 0.2) is 23.2 Å². The van der Waals surface area contributed by atoms with E-state index in [0.717, 1.165) is 0 Å². The Morgan fingerprint density at radius 2 is 2.00 bits per heavy atom. The summed E-state index contributed by atoms with van der Waals surface area (Å²) < 4.78 is 67.3. The quantitative estimate of drug-likeness (QED) is 0.459. The fourth-order valence-electron chi connectivity index (χ4n) is 1.29. The highest BCUT2D eigenvalue weighted by Crippen LogP contribution is 2.26. The zero-order chi connectivity index (χ0) is 15.3. The Hall–Kier alpha value is -1.49. The van der Waals surface area contributed by atoms with E-state index in [-0.39, 0.29) is 21.5 Å². The number of hydrogen-bond acceptors (Lipinski definition) is 3. The first-order valence-electron chi connectivity index (χ1n) is 5.69. The van der Waals surface area contributed by atoms with E-state index in [9.17, 15) is 22.4 Å². The standard InChI is InChI=1S/C11H10F4NO2P/c1-2-7(16-19)8(17)4-18-11-9(14)5(12)3-6(13)10(11)15/h3,7,19H,2,4H2,1H3/t7-/m0/s1/i19D. The summed E-state index contributed by atoms with van der Waals surface area (Å²) in [7, 11) is -0.122. The van der Waals surface area contributed by atoms with E-state index in [1.54, 1.807) is 6.92 Å². The van der Waals surface area contributed by atoms with Crippen LogP contribution in [0.15, 0.2) is 10.8 Å². The lowest BCUT2D eigenvalue weighted by atomic mass is 10.1. The smallest absolute Gasteiger partial charge is 0.203 e. The van der Waals surface area contributed by atoms with Gasteiger partial charge in [0, 0.05) is 6.07 Å². The van der Waals surface area contributed by atoms with Crippen LogP contribution in [0.1, 0.15) is 13.3 Å². The Morgan fingerprint density at radius 1 is 1.42 bits per heavy atom. The van der Waals surface area contributed by atoms with Crippen molar-refractivity contribution in [2.24, 2.45) is 4.74 Å². The molecular weight excluding hydrogens is 285 g/mol. The maximum absolute atomic E-state index is 13.3. The van der Waals surface area contributed by atoms with Gasteiger partial charge in [-0.05, 0) is 15.4 Å². The van der Waals surface area contributed by atoms with Crippen molar-refractivity contribution in [3.8, 4) is 5.75 Å². The molecule has 0 aromatic heterocycles. The van der Waals surface area contributed by atoms with Crippen LogP contribution >= 0.6 is 8.98 Å². The molecule has 1 aromatic carbocycles. The van der Waals surface area contributed by atoms with E-state index in [1.807, 2.05) is 0 Å². The lowest BCUT2D eigenvalue weighted by molar-refractivity contribution is -0.122. The number of carbonyl (C=O) groups excluding carboxylic acids is 1. The van der Waals surface area contributed by atoms with Crippen LogP contribution in [0.2, 0.25) is 0 Å². The molecular formula is C11H10F4NO2P. The minimum absolute atomic E-state index is 0.0441. The van der Waals surface area contributed by atoms with E-state index in [2.05, 4.69) is 9.48 Å². The molecule has 1 rings (SSSR count). The summed E-state index contributed by atoms with van der Waals surface area (Å²) in [5.74, 6) is -8.58. The Labute approximate surface area is 110 Å². The van der Waals surface area contributed by atoms with Crippen LogP contribution in [0.5, 0.6) is 5.75 Å². The largest absolute Gasteiger partial charge is 0.479 e. The SMILES string of the molecule is [2H]/P=N/[C@@H](CC)C(=O)COc1c(F)c(F)cc(F)c1F. The summed E-state index contributed by atoms with van der Waals surface area (Å²) >= 11 is 0. The van der Waals surface area contributed by atoms with E-state index >= 15 is 0 Å². The molecule has 0 radical (unpaired) electrons. The second kappa shape index (κ2) is 6.61. The monoisotopic (exact) mass is 296 g/mol. The zero-order valence-electron chi connectivity index (χ0n) is 10.8. The molecule has 0 amide bonds. The number of nitrogens with zero attached hydrogens (tertiary/aromatic N) is 1. The number of Topliss-reactive ketones (excluding diaryl/α,β-unsaturated/α-hetero) is 1. The molecule has 0 heterocycles. The van der Waals surface area contributed by atoms with Crippen molar-refractivity contribution in [3.63, 3.8) is 0 Å². The lowest BCUT2D eigenvalue weighted by Crippen LogP contribution is -2.24. The van der Waals surface area contributed by atoms with E-state index in [1.165, 1.54) is 0 Å². The van der Waals surface area contributed by atoms with Gasteiger partial charge in [-0.1, -0.05) is 6.92 Å². The fraction of sp³-hybridized carbons (Fsp3) is 0.364. The molecule has 104 valence electrons. The first-order valence-corrected chi connectivity index (χ1v) is 5.65. The average Bonchev–Trinajstić information content (AvgIpc) is 2.42. The Balaban J connectivity index is 2.88. The van der Waals surface area contributed by atoms with Gasteiger partial charge < -0.3 is 4.74 Å². The van der Waals surface area contributed by atoms with E-state index in [0.29, 0.717) is 0 Å². The van der Waals surface area contributed by atoms with Gasteiger partial charge in [0.05, 0.1) is 0 Å². The van der Waals surface area contributed by atoms with Gasteiger partial charge in [-0.2, -0.15) is 8.78 Å². The zero-order valence-corrected chi connectivity index (χ0v) is 10.7.